The van der Waals surface area contributed by atoms with Crippen LogP contribution in [0.25, 0.3) is 0 Å². The standard InChI is InChI=1S/C8H7ClO4S/c1-5-12-7-3-2-6(14(9,10)11)4-8(7)13-5/h2-5H,1H3. The van der Waals surface area contributed by atoms with Gasteiger partial charge in [0.15, 0.2) is 11.5 Å². The number of halogens is 1. The van der Waals surface area contributed by atoms with Crippen molar-refractivity contribution >= 4 is 19.7 Å². The second-order valence-electron chi connectivity index (χ2n) is 2.85. The van der Waals surface area contributed by atoms with Gasteiger partial charge in [0.25, 0.3) is 9.05 Å². The van der Waals surface area contributed by atoms with Crippen molar-refractivity contribution in [3.8, 4) is 11.5 Å². The fraction of sp³-hybridized carbons (Fsp3) is 0.250. The summed E-state index contributed by atoms with van der Waals surface area (Å²) in [6, 6.07) is 4.25. The van der Waals surface area contributed by atoms with Crippen molar-refractivity contribution in [3.63, 3.8) is 0 Å². The highest BCUT2D eigenvalue weighted by Gasteiger charge is 2.22. The summed E-state index contributed by atoms with van der Waals surface area (Å²) in [5.41, 5.74) is 0. The lowest BCUT2D eigenvalue weighted by atomic mass is 10.3. The SMILES string of the molecule is CC1Oc2ccc(S(=O)(=O)Cl)cc2O1. The number of fused-ring (bicyclic) bond motifs is 1. The second-order valence-corrected chi connectivity index (χ2v) is 5.42. The first kappa shape index (κ1) is 9.61. The van der Waals surface area contributed by atoms with Crippen molar-refractivity contribution in [2.24, 2.45) is 0 Å². The molecule has 14 heavy (non-hydrogen) atoms. The maximum Gasteiger partial charge on any atom is 0.261 e. The largest absolute Gasteiger partial charge is 0.451 e. The van der Waals surface area contributed by atoms with Gasteiger partial charge in [0, 0.05) is 23.7 Å². The van der Waals surface area contributed by atoms with E-state index in [9.17, 15) is 8.42 Å². The van der Waals surface area contributed by atoms with Gasteiger partial charge in [0.2, 0.25) is 6.29 Å². The van der Waals surface area contributed by atoms with E-state index in [1.807, 2.05) is 0 Å². The molecule has 1 aliphatic rings. The van der Waals surface area contributed by atoms with Crippen LogP contribution in [-0.2, 0) is 9.05 Å². The summed E-state index contributed by atoms with van der Waals surface area (Å²) < 4.78 is 32.4. The summed E-state index contributed by atoms with van der Waals surface area (Å²) >= 11 is 0. The van der Waals surface area contributed by atoms with Crippen LogP contribution >= 0.6 is 10.7 Å². The normalized spacial score (nSPS) is 19.7. The molecule has 1 unspecified atom stereocenters. The highest BCUT2D eigenvalue weighted by atomic mass is 35.7. The van der Waals surface area contributed by atoms with Crippen molar-refractivity contribution < 1.29 is 17.9 Å². The second kappa shape index (κ2) is 3.03. The van der Waals surface area contributed by atoms with Gasteiger partial charge in [-0.15, -0.1) is 0 Å². The van der Waals surface area contributed by atoms with Crippen molar-refractivity contribution in [2.75, 3.05) is 0 Å². The summed E-state index contributed by atoms with van der Waals surface area (Å²) in [5, 5.41) is 0. The van der Waals surface area contributed by atoms with E-state index in [2.05, 4.69) is 0 Å². The van der Waals surface area contributed by atoms with Crippen LogP contribution in [0.15, 0.2) is 23.1 Å². The first-order chi connectivity index (χ1) is 6.47. The van der Waals surface area contributed by atoms with Crippen LogP contribution in [0.3, 0.4) is 0 Å². The topological polar surface area (TPSA) is 52.6 Å². The maximum atomic E-state index is 11.0. The molecule has 0 radical (unpaired) electrons. The Morgan fingerprint density at radius 1 is 1.29 bits per heavy atom. The van der Waals surface area contributed by atoms with Crippen molar-refractivity contribution in [1.82, 2.24) is 0 Å². The van der Waals surface area contributed by atoms with Crippen molar-refractivity contribution in [2.45, 2.75) is 18.1 Å². The number of rotatable bonds is 1. The molecule has 0 amide bonds. The zero-order chi connectivity index (χ0) is 10.3. The lowest BCUT2D eigenvalue weighted by molar-refractivity contribution is 0.0678. The third-order valence-electron chi connectivity index (χ3n) is 1.78. The number of hydrogen-bond donors (Lipinski definition) is 0. The van der Waals surface area contributed by atoms with Gasteiger partial charge < -0.3 is 9.47 Å². The summed E-state index contributed by atoms with van der Waals surface area (Å²) in [6.07, 6.45) is -0.390. The third-order valence-corrected chi connectivity index (χ3v) is 3.13. The lowest BCUT2D eigenvalue weighted by Gasteiger charge is -1.99. The lowest BCUT2D eigenvalue weighted by Crippen LogP contribution is -2.11. The first-order valence-electron chi connectivity index (χ1n) is 3.89. The highest BCUT2D eigenvalue weighted by Crippen LogP contribution is 2.36. The van der Waals surface area contributed by atoms with E-state index in [1.54, 1.807) is 6.92 Å². The molecule has 0 N–H and O–H groups in total. The molecule has 0 saturated carbocycles. The van der Waals surface area contributed by atoms with Crippen LogP contribution in [0.1, 0.15) is 6.92 Å². The molecule has 6 heteroatoms. The van der Waals surface area contributed by atoms with Crippen LogP contribution in [0.4, 0.5) is 0 Å². The maximum absolute atomic E-state index is 11.0. The minimum atomic E-state index is -3.71. The molecule has 1 aromatic rings. The Labute approximate surface area is 85.8 Å². The van der Waals surface area contributed by atoms with Crippen LogP contribution in [0, 0.1) is 0 Å². The molecule has 76 valence electrons. The molecule has 2 rings (SSSR count). The van der Waals surface area contributed by atoms with Crippen molar-refractivity contribution in [1.29, 1.82) is 0 Å². The van der Waals surface area contributed by atoms with Crippen LogP contribution in [0.5, 0.6) is 11.5 Å². The third kappa shape index (κ3) is 1.65. The average Bonchev–Trinajstić information content (AvgIpc) is 2.41. The van der Waals surface area contributed by atoms with E-state index in [1.165, 1.54) is 18.2 Å². The monoisotopic (exact) mass is 234 g/mol. The zero-order valence-electron chi connectivity index (χ0n) is 7.23. The molecular formula is C8H7ClO4S. The quantitative estimate of drug-likeness (QED) is 0.695. The summed E-state index contributed by atoms with van der Waals surface area (Å²) in [6.45, 7) is 1.72. The van der Waals surface area contributed by atoms with E-state index >= 15 is 0 Å². The predicted octanol–water partition coefficient (Wildman–Crippen LogP) is 1.73. The highest BCUT2D eigenvalue weighted by molar-refractivity contribution is 8.13. The fourth-order valence-electron chi connectivity index (χ4n) is 1.21. The molecule has 0 spiro atoms. The summed E-state index contributed by atoms with van der Waals surface area (Å²) in [5.74, 6) is 0.931. The van der Waals surface area contributed by atoms with Gasteiger partial charge in [-0.05, 0) is 12.1 Å². The van der Waals surface area contributed by atoms with Gasteiger partial charge in [-0.2, -0.15) is 0 Å². The van der Waals surface area contributed by atoms with Gasteiger partial charge in [-0.3, -0.25) is 0 Å². The Kier molecular flexibility index (Phi) is 2.08. The van der Waals surface area contributed by atoms with Gasteiger partial charge in [-0.1, -0.05) is 0 Å². The van der Waals surface area contributed by atoms with Gasteiger partial charge >= 0.3 is 0 Å². The van der Waals surface area contributed by atoms with E-state index in [0.717, 1.165) is 0 Å². The first-order valence-corrected chi connectivity index (χ1v) is 6.20. The summed E-state index contributed by atoms with van der Waals surface area (Å²) in [4.78, 5) is 0.00983. The predicted molar refractivity (Wildman–Crippen MR) is 50.2 cm³/mol. The van der Waals surface area contributed by atoms with Crippen LogP contribution < -0.4 is 9.47 Å². The minimum absolute atomic E-state index is 0.00983. The molecule has 0 fully saturated rings. The van der Waals surface area contributed by atoms with Gasteiger partial charge in [0.1, 0.15) is 0 Å². The Morgan fingerprint density at radius 2 is 1.93 bits per heavy atom. The molecule has 4 nitrogen and oxygen atoms in total. The Balaban J connectivity index is 2.48. The fourth-order valence-corrected chi connectivity index (χ4v) is 1.98. The smallest absolute Gasteiger partial charge is 0.261 e. The summed E-state index contributed by atoms with van der Waals surface area (Å²) in [7, 11) is 1.47. The van der Waals surface area contributed by atoms with Gasteiger partial charge in [-0.25, -0.2) is 8.42 Å². The number of ether oxygens (including phenoxy) is 2. The van der Waals surface area contributed by atoms with Gasteiger partial charge in [0.05, 0.1) is 4.90 Å². The number of hydrogen-bond acceptors (Lipinski definition) is 4. The molecule has 1 aliphatic heterocycles. The average molecular weight is 235 g/mol. The Hall–Kier alpha value is -0.940. The molecule has 0 aromatic heterocycles. The molecule has 1 heterocycles. The van der Waals surface area contributed by atoms with Crippen molar-refractivity contribution in [3.05, 3.63) is 18.2 Å². The molecule has 0 saturated heterocycles. The van der Waals surface area contributed by atoms with Crippen LogP contribution in [0.2, 0.25) is 0 Å². The van der Waals surface area contributed by atoms with E-state index in [0.29, 0.717) is 11.5 Å². The Bertz CT molecular complexity index is 468. The minimum Gasteiger partial charge on any atom is -0.451 e. The van der Waals surface area contributed by atoms with E-state index in [4.69, 9.17) is 20.2 Å². The molecule has 1 atom stereocenters. The van der Waals surface area contributed by atoms with Crippen LogP contribution in [-0.4, -0.2) is 14.7 Å². The number of benzene rings is 1. The van der Waals surface area contributed by atoms with E-state index in [-0.39, 0.29) is 4.90 Å². The zero-order valence-corrected chi connectivity index (χ0v) is 8.80. The molecule has 0 bridgehead atoms. The van der Waals surface area contributed by atoms with E-state index < -0.39 is 15.3 Å². The molecular weight excluding hydrogens is 228 g/mol. The Morgan fingerprint density at radius 3 is 2.57 bits per heavy atom. The molecule has 0 aliphatic carbocycles. The molecule has 1 aromatic carbocycles.